The van der Waals surface area contributed by atoms with Crippen LogP contribution in [0.5, 0.6) is 0 Å². The molecule has 31 heavy (non-hydrogen) atoms. The summed E-state index contributed by atoms with van der Waals surface area (Å²) >= 11 is 1.42. The normalized spacial score (nSPS) is 13.8. The number of rotatable bonds is 19. The van der Waals surface area contributed by atoms with Gasteiger partial charge in [0.05, 0.1) is 26.9 Å². The average molecular weight is 460 g/mol. The number of amides is 1. The van der Waals surface area contributed by atoms with E-state index in [1.54, 1.807) is 0 Å². The van der Waals surface area contributed by atoms with E-state index in [0.717, 1.165) is 18.8 Å². The van der Waals surface area contributed by atoms with Crippen molar-refractivity contribution in [3.63, 3.8) is 0 Å². The first-order chi connectivity index (χ1) is 14.4. The van der Waals surface area contributed by atoms with E-state index in [-0.39, 0.29) is 23.5 Å². The van der Waals surface area contributed by atoms with Gasteiger partial charge in [0.1, 0.15) is 6.04 Å². The Morgan fingerprint density at radius 2 is 1.39 bits per heavy atom. The lowest BCUT2D eigenvalue weighted by Gasteiger charge is -2.33. The predicted octanol–water partition coefficient (Wildman–Crippen LogP) is 4.51. The number of nitrogens with zero attached hydrogens (tertiary/aromatic N) is 1. The summed E-state index contributed by atoms with van der Waals surface area (Å²) in [6.45, 7) is 5.87. The maximum absolute atomic E-state index is 12.8. The van der Waals surface area contributed by atoms with E-state index >= 15 is 0 Å². The first kappa shape index (κ1) is 29.9. The number of hydrogen-bond donors (Lipinski definition) is 2. The lowest BCUT2D eigenvalue weighted by atomic mass is 10.0. The van der Waals surface area contributed by atoms with E-state index in [0.29, 0.717) is 16.7 Å². The summed E-state index contributed by atoms with van der Waals surface area (Å²) < 4.78 is 0.528. The lowest BCUT2D eigenvalue weighted by molar-refractivity contribution is -0.883. The fourth-order valence-corrected chi connectivity index (χ4v) is 5.00. The van der Waals surface area contributed by atoms with Crippen LogP contribution in [0.25, 0.3) is 0 Å². The Balaban J connectivity index is 4.18. The Morgan fingerprint density at radius 1 is 0.871 bits per heavy atom. The van der Waals surface area contributed by atoms with Crippen LogP contribution in [0.2, 0.25) is 0 Å². The number of likely N-dealkylation sites (N-methyl/N-ethyl adjacent to an activating group) is 1. The van der Waals surface area contributed by atoms with E-state index in [1.807, 2.05) is 21.1 Å². The molecule has 0 bridgehead atoms. The van der Waals surface area contributed by atoms with E-state index in [1.165, 1.54) is 63.6 Å². The van der Waals surface area contributed by atoms with E-state index in [9.17, 15) is 19.5 Å². The van der Waals surface area contributed by atoms with Gasteiger partial charge in [0, 0.05) is 19.1 Å². The van der Waals surface area contributed by atoms with E-state index in [4.69, 9.17) is 0 Å². The fraction of sp³-hybridized carbons (Fsp3) is 0.875. The highest BCUT2D eigenvalue weighted by molar-refractivity contribution is 7.99. The quantitative estimate of drug-likeness (QED) is 0.219. The highest BCUT2D eigenvalue weighted by Crippen LogP contribution is 2.18. The number of carboxylic acid groups (broad SMARTS) is 1. The van der Waals surface area contributed by atoms with Crippen LogP contribution in [-0.4, -0.2) is 72.0 Å². The summed E-state index contributed by atoms with van der Waals surface area (Å²) in [5.41, 5.74) is 0. The summed E-state index contributed by atoms with van der Waals surface area (Å²) in [6.07, 6.45) is 11.7. The molecule has 0 aliphatic heterocycles. The van der Waals surface area contributed by atoms with Crippen molar-refractivity contribution in [3.8, 4) is 0 Å². The first-order valence-electron chi connectivity index (χ1n) is 11.9. The minimum absolute atomic E-state index is 0.169. The number of unbranched alkanes of at least 4 members (excludes halogenated alkanes) is 7. The molecule has 0 aromatic carbocycles. The third-order valence-electron chi connectivity index (χ3n) is 5.50. The Bertz CT molecular complexity index is 532. The molecule has 0 saturated carbocycles. The molecule has 2 atom stereocenters. The summed E-state index contributed by atoms with van der Waals surface area (Å²) in [7, 11) is 6.01. The van der Waals surface area contributed by atoms with Crippen molar-refractivity contribution in [1.82, 2.24) is 5.32 Å². The van der Waals surface area contributed by atoms with Crippen LogP contribution in [0.1, 0.15) is 85.0 Å². The molecular weight excluding hydrogens is 412 g/mol. The Labute approximate surface area is 194 Å². The molecule has 0 rings (SSSR count). The van der Waals surface area contributed by atoms with Crippen molar-refractivity contribution in [2.75, 3.05) is 32.6 Å². The molecule has 0 saturated heterocycles. The van der Waals surface area contributed by atoms with Gasteiger partial charge in [-0.15, -0.1) is 0 Å². The molecule has 0 aromatic heterocycles. The summed E-state index contributed by atoms with van der Waals surface area (Å²) in [5, 5.41) is 11.7. The van der Waals surface area contributed by atoms with Gasteiger partial charge >= 0.3 is 5.97 Å². The molecule has 0 fully saturated rings. The van der Waals surface area contributed by atoms with Gasteiger partial charge in [0.25, 0.3) is 0 Å². The van der Waals surface area contributed by atoms with Crippen molar-refractivity contribution in [2.24, 2.45) is 5.92 Å². The third kappa shape index (κ3) is 16.2. The third-order valence-corrected chi connectivity index (χ3v) is 6.62. The minimum atomic E-state index is -1.05. The number of hydrogen-bond acceptors (Lipinski definition) is 4. The number of Topliss-reactive ketones (excluding diaryl/α,β-unsaturated/α-hetero) is 1. The van der Waals surface area contributed by atoms with Crippen molar-refractivity contribution < 1.29 is 24.0 Å². The first-order valence-corrected chi connectivity index (χ1v) is 13.0. The second kappa shape index (κ2) is 16.5. The predicted molar refractivity (Wildman–Crippen MR) is 130 cm³/mol. The number of carbonyl (C=O) groups excluding carboxylic acids is 2. The van der Waals surface area contributed by atoms with Crippen LogP contribution in [0, 0.1) is 5.92 Å². The van der Waals surface area contributed by atoms with Gasteiger partial charge in [0.2, 0.25) is 5.91 Å². The minimum Gasteiger partial charge on any atom is -0.480 e. The zero-order chi connectivity index (χ0) is 23.9. The van der Waals surface area contributed by atoms with Crippen LogP contribution in [0.3, 0.4) is 0 Å². The second-order valence-electron chi connectivity index (χ2n) is 9.99. The Kier molecular flexibility index (Phi) is 16.0. The van der Waals surface area contributed by atoms with Crippen molar-refractivity contribution >= 4 is 29.4 Å². The molecule has 2 unspecified atom stereocenters. The average Bonchev–Trinajstić information content (AvgIpc) is 2.63. The maximum atomic E-state index is 12.8. The molecule has 1 amide bonds. The van der Waals surface area contributed by atoms with Crippen LogP contribution >= 0.6 is 11.8 Å². The molecule has 0 spiro atoms. The molecule has 0 aliphatic rings. The van der Waals surface area contributed by atoms with E-state index < -0.39 is 12.0 Å². The SMILES string of the molecule is CC(=O)NC(CSCC(C(=O)CCCCCCCCCCC(C)C)[N+](C)(C)C)C(=O)O. The smallest absolute Gasteiger partial charge is 0.327 e. The van der Waals surface area contributed by atoms with Gasteiger partial charge in [0.15, 0.2) is 11.8 Å². The van der Waals surface area contributed by atoms with Gasteiger partial charge < -0.3 is 14.9 Å². The van der Waals surface area contributed by atoms with Crippen LogP contribution in [-0.2, 0) is 14.4 Å². The number of carbonyl (C=O) groups is 3. The Morgan fingerprint density at radius 3 is 1.84 bits per heavy atom. The topological polar surface area (TPSA) is 83.5 Å². The number of aliphatic carboxylic acids is 1. The molecule has 6 nitrogen and oxygen atoms in total. The summed E-state index contributed by atoms with van der Waals surface area (Å²) in [4.78, 5) is 35.3. The number of nitrogens with one attached hydrogen (secondary N) is 1. The van der Waals surface area contributed by atoms with Crippen molar-refractivity contribution in [1.29, 1.82) is 0 Å². The van der Waals surface area contributed by atoms with E-state index in [2.05, 4.69) is 19.2 Å². The summed E-state index contributed by atoms with van der Waals surface area (Å²) in [6, 6.07) is -1.09. The highest BCUT2D eigenvalue weighted by Gasteiger charge is 2.31. The molecule has 7 heteroatoms. The molecule has 0 aromatic rings. The highest BCUT2D eigenvalue weighted by atomic mass is 32.2. The molecule has 0 radical (unpaired) electrons. The number of thioether (sulfide) groups is 1. The van der Waals surface area contributed by atoms with Crippen molar-refractivity contribution in [3.05, 3.63) is 0 Å². The van der Waals surface area contributed by atoms with Gasteiger partial charge in [-0.25, -0.2) is 4.79 Å². The van der Waals surface area contributed by atoms with Crippen LogP contribution < -0.4 is 5.32 Å². The van der Waals surface area contributed by atoms with Crippen molar-refractivity contribution in [2.45, 2.75) is 97.1 Å². The van der Waals surface area contributed by atoms with Gasteiger partial charge in [-0.2, -0.15) is 11.8 Å². The standard InChI is InChI=1S/C24H46N2O4S/c1-19(2)15-13-11-9-7-8-10-12-14-16-23(28)22(26(4,5)6)18-31-17-21(24(29)30)25-20(3)27/h19,21-22H,7-18H2,1-6H3,(H-,25,27,29,30)/p+1. The van der Waals surface area contributed by atoms with Gasteiger partial charge in [-0.3, -0.25) is 9.59 Å². The molecular formula is C24H47N2O4S+. The van der Waals surface area contributed by atoms with Gasteiger partial charge in [-0.1, -0.05) is 65.2 Å². The second-order valence-corrected chi connectivity index (χ2v) is 11.1. The van der Waals surface area contributed by atoms with Crippen LogP contribution in [0.4, 0.5) is 0 Å². The number of quaternary nitrogens is 1. The zero-order valence-corrected chi connectivity index (χ0v) is 21.6. The fourth-order valence-electron chi connectivity index (χ4n) is 3.55. The lowest BCUT2D eigenvalue weighted by Crippen LogP contribution is -2.51. The molecule has 0 aliphatic carbocycles. The largest absolute Gasteiger partial charge is 0.480 e. The molecule has 182 valence electrons. The molecule has 0 heterocycles. The number of ketones is 1. The van der Waals surface area contributed by atoms with Crippen LogP contribution in [0.15, 0.2) is 0 Å². The molecule has 2 N–H and O–H groups in total. The monoisotopic (exact) mass is 459 g/mol. The number of carboxylic acids is 1. The van der Waals surface area contributed by atoms with Gasteiger partial charge in [-0.05, 0) is 12.3 Å². The Hall–Kier alpha value is -1.08. The zero-order valence-electron chi connectivity index (χ0n) is 20.7. The summed E-state index contributed by atoms with van der Waals surface area (Å²) in [5.74, 6) is 0.471. The maximum Gasteiger partial charge on any atom is 0.327 e.